The van der Waals surface area contributed by atoms with Crippen LogP contribution in [-0.4, -0.2) is 23.5 Å². The molecule has 4 nitrogen and oxygen atoms in total. The number of benzene rings is 1. The van der Waals surface area contributed by atoms with Crippen LogP contribution in [0.4, 0.5) is 4.39 Å². The maximum atomic E-state index is 13.1. The van der Waals surface area contributed by atoms with Crippen LogP contribution in [0.3, 0.4) is 0 Å². The van der Waals surface area contributed by atoms with Gasteiger partial charge in [0.25, 0.3) is 5.91 Å². The molecule has 0 aliphatic heterocycles. The van der Waals surface area contributed by atoms with Gasteiger partial charge in [-0.15, -0.1) is 0 Å². The second-order valence-electron chi connectivity index (χ2n) is 3.23. The lowest BCUT2D eigenvalue weighted by molar-refractivity contribution is -0.137. The Kier molecular flexibility index (Phi) is 4.44. The summed E-state index contributed by atoms with van der Waals surface area (Å²) in [7, 11) is 0. The van der Waals surface area contributed by atoms with Crippen molar-refractivity contribution in [1.82, 2.24) is 5.32 Å². The summed E-state index contributed by atoms with van der Waals surface area (Å²) in [6.45, 7) is 0.222. The van der Waals surface area contributed by atoms with Gasteiger partial charge in [0.05, 0.1) is 5.56 Å². The smallest absolute Gasteiger partial charge is 0.303 e. The zero-order chi connectivity index (χ0) is 12.0. The Morgan fingerprint density at radius 1 is 1.31 bits per heavy atom. The highest BCUT2D eigenvalue weighted by atomic mass is 19.1. The van der Waals surface area contributed by atoms with E-state index in [2.05, 4.69) is 5.32 Å². The molecule has 0 fully saturated rings. The quantitative estimate of drug-likeness (QED) is 0.745. The van der Waals surface area contributed by atoms with Crippen molar-refractivity contribution in [2.24, 2.45) is 0 Å². The number of halogens is 1. The number of carboxylic acids is 1. The lowest BCUT2D eigenvalue weighted by atomic mass is 10.2. The first kappa shape index (κ1) is 12.2. The van der Waals surface area contributed by atoms with E-state index in [1.165, 1.54) is 18.2 Å². The first-order chi connectivity index (χ1) is 7.61. The molecule has 1 amide bonds. The first-order valence-corrected chi connectivity index (χ1v) is 4.86. The van der Waals surface area contributed by atoms with Crippen LogP contribution < -0.4 is 5.32 Å². The summed E-state index contributed by atoms with van der Waals surface area (Å²) in [6, 6.07) is 5.64. The van der Waals surface area contributed by atoms with Crippen LogP contribution in [-0.2, 0) is 4.79 Å². The van der Waals surface area contributed by atoms with Gasteiger partial charge in [-0.05, 0) is 18.6 Å². The maximum absolute atomic E-state index is 13.1. The molecule has 2 N–H and O–H groups in total. The summed E-state index contributed by atoms with van der Waals surface area (Å²) in [5.74, 6) is -2.03. The molecule has 0 aromatic heterocycles. The molecule has 5 heteroatoms. The lowest BCUT2D eigenvalue weighted by Gasteiger charge is -2.04. The van der Waals surface area contributed by atoms with Crippen molar-refractivity contribution in [2.75, 3.05) is 6.54 Å². The monoisotopic (exact) mass is 225 g/mol. The summed E-state index contributed by atoms with van der Waals surface area (Å²) in [6.07, 6.45) is 0.313. The van der Waals surface area contributed by atoms with E-state index in [-0.39, 0.29) is 18.5 Å². The largest absolute Gasteiger partial charge is 0.481 e. The Balaban J connectivity index is 2.41. The van der Waals surface area contributed by atoms with Crippen molar-refractivity contribution in [3.63, 3.8) is 0 Å². The van der Waals surface area contributed by atoms with E-state index < -0.39 is 17.7 Å². The van der Waals surface area contributed by atoms with Crippen LogP contribution in [0.25, 0.3) is 0 Å². The van der Waals surface area contributed by atoms with E-state index in [0.29, 0.717) is 6.42 Å². The van der Waals surface area contributed by atoms with Crippen LogP contribution in [0.1, 0.15) is 23.2 Å². The molecule has 86 valence electrons. The molecule has 0 unspecified atom stereocenters. The summed E-state index contributed by atoms with van der Waals surface area (Å²) < 4.78 is 13.1. The fourth-order valence-corrected chi connectivity index (χ4v) is 1.18. The number of hydrogen-bond acceptors (Lipinski definition) is 2. The van der Waals surface area contributed by atoms with E-state index in [1.807, 2.05) is 0 Å². The minimum Gasteiger partial charge on any atom is -0.481 e. The number of amides is 1. The molecule has 0 aliphatic carbocycles. The van der Waals surface area contributed by atoms with Gasteiger partial charge in [0, 0.05) is 13.0 Å². The van der Waals surface area contributed by atoms with Crippen molar-refractivity contribution in [2.45, 2.75) is 12.8 Å². The van der Waals surface area contributed by atoms with Gasteiger partial charge in [-0.3, -0.25) is 9.59 Å². The van der Waals surface area contributed by atoms with E-state index in [9.17, 15) is 14.0 Å². The van der Waals surface area contributed by atoms with E-state index >= 15 is 0 Å². The number of carbonyl (C=O) groups is 2. The maximum Gasteiger partial charge on any atom is 0.303 e. The topological polar surface area (TPSA) is 66.4 Å². The molecule has 1 aromatic rings. The highest BCUT2D eigenvalue weighted by Crippen LogP contribution is 2.05. The lowest BCUT2D eigenvalue weighted by Crippen LogP contribution is -2.25. The van der Waals surface area contributed by atoms with Crippen molar-refractivity contribution >= 4 is 11.9 Å². The van der Waals surface area contributed by atoms with Gasteiger partial charge in [0.1, 0.15) is 5.82 Å². The van der Waals surface area contributed by atoms with Gasteiger partial charge < -0.3 is 10.4 Å². The molecule has 0 saturated heterocycles. The number of aliphatic carboxylic acids is 1. The van der Waals surface area contributed by atoms with E-state index in [1.54, 1.807) is 6.07 Å². The number of hydrogen-bond donors (Lipinski definition) is 2. The Morgan fingerprint density at radius 2 is 2.00 bits per heavy atom. The minimum atomic E-state index is -0.917. The van der Waals surface area contributed by atoms with Gasteiger partial charge in [0.2, 0.25) is 0 Å². The second-order valence-corrected chi connectivity index (χ2v) is 3.23. The molecule has 0 bridgehead atoms. The Hall–Kier alpha value is -1.91. The summed E-state index contributed by atoms with van der Waals surface area (Å²) in [5, 5.41) is 10.8. The van der Waals surface area contributed by atoms with Crippen molar-refractivity contribution in [3.8, 4) is 0 Å². The normalized spacial score (nSPS) is 9.81. The van der Waals surface area contributed by atoms with Crippen LogP contribution in [0.2, 0.25) is 0 Å². The molecule has 1 aromatic carbocycles. The third-order valence-electron chi connectivity index (χ3n) is 1.97. The third kappa shape index (κ3) is 3.68. The van der Waals surface area contributed by atoms with Crippen molar-refractivity contribution in [3.05, 3.63) is 35.6 Å². The van der Waals surface area contributed by atoms with Gasteiger partial charge >= 0.3 is 5.97 Å². The second kappa shape index (κ2) is 5.85. The van der Waals surface area contributed by atoms with Crippen LogP contribution >= 0.6 is 0 Å². The van der Waals surface area contributed by atoms with Gasteiger partial charge in [-0.25, -0.2) is 4.39 Å². The molecular formula is C11H12FNO3. The number of rotatable bonds is 5. The van der Waals surface area contributed by atoms with Gasteiger partial charge in [0.15, 0.2) is 0 Å². The molecule has 0 radical (unpaired) electrons. The fraction of sp³-hybridized carbons (Fsp3) is 0.273. The summed E-state index contributed by atoms with van der Waals surface area (Å²) in [5.41, 5.74) is -0.0298. The van der Waals surface area contributed by atoms with Gasteiger partial charge in [-0.2, -0.15) is 0 Å². The fourth-order valence-electron chi connectivity index (χ4n) is 1.18. The minimum absolute atomic E-state index is 0.0163. The molecule has 0 atom stereocenters. The zero-order valence-corrected chi connectivity index (χ0v) is 8.57. The average Bonchev–Trinajstić information content (AvgIpc) is 2.24. The molecule has 1 rings (SSSR count). The number of nitrogens with one attached hydrogen (secondary N) is 1. The summed E-state index contributed by atoms with van der Waals surface area (Å²) in [4.78, 5) is 21.6. The number of carbonyl (C=O) groups excluding carboxylic acids is 1. The SMILES string of the molecule is O=C(O)CCCNC(=O)c1ccccc1F. The van der Waals surface area contributed by atoms with Crippen LogP contribution in [0.15, 0.2) is 24.3 Å². The molecule has 0 spiro atoms. The Morgan fingerprint density at radius 3 is 2.62 bits per heavy atom. The van der Waals surface area contributed by atoms with Crippen LogP contribution in [0, 0.1) is 5.82 Å². The van der Waals surface area contributed by atoms with Crippen molar-refractivity contribution < 1.29 is 19.1 Å². The van der Waals surface area contributed by atoms with Gasteiger partial charge in [-0.1, -0.05) is 12.1 Å². The third-order valence-corrected chi connectivity index (χ3v) is 1.97. The molecular weight excluding hydrogens is 213 g/mol. The zero-order valence-electron chi connectivity index (χ0n) is 8.57. The van der Waals surface area contributed by atoms with Crippen LogP contribution in [0.5, 0.6) is 0 Å². The molecule has 0 saturated carbocycles. The molecule has 0 heterocycles. The standard InChI is InChI=1S/C11H12FNO3/c12-9-5-2-1-4-8(9)11(16)13-7-3-6-10(14)15/h1-2,4-5H,3,6-7H2,(H,13,16)(H,14,15). The Labute approximate surface area is 92.1 Å². The average molecular weight is 225 g/mol. The number of carboxylic acid groups (broad SMARTS) is 1. The molecule has 0 aliphatic rings. The van der Waals surface area contributed by atoms with E-state index in [4.69, 9.17) is 5.11 Å². The predicted molar refractivity (Wildman–Crippen MR) is 55.6 cm³/mol. The van der Waals surface area contributed by atoms with Crippen molar-refractivity contribution in [1.29, 1.82) is 0 Å². The predicted octanol–water partition coefficient (Wildman–Crippen LogP) is 1.42. The summed E-state index contributed by atoms with van der Waals surface area (Å²) >= 11 is 0. The first-order valence-electron chi connectivity index (χ1n) is 4.86. The Bertz CT molecular complexity index is 393. The van der Waals surface area contributed by atoms with E-state index in [0.717, 1.165) is 0 Å². The molecule has 16 heavy (non-hydrogen) atoms. The highest BCUT2D eigenvalue weighted by Gasteiger charge is 2.09. The highest BCUT2D eigenvalue weighted by molar-refractivity contribution is 5.94.